The molecule has 0 N–H and O–H groups in total. The molecule has 0 saturated carbocycles. The molecular formula is C19H16N2O3S2. The number of carbonyl (C=O) groups is 2. The lowest BCUT2D eigenvalue weighted by Gasteiger charge is -2.35. The smallest absolute Gasteiger partial charge is 0.210 e. The first-order valence-electron chi connectivity index (χ1n) is 8.71. The monoisotopic (exact) mass is 384 g/mol. The molecule has 1 aromatic carbocycles. The average molecular weight is 384 g/mol. The van der Waals surface area contributed by atoms with Gasteiger partial charge in [0.25, 0.3) is 0 Å². The summed E-state index contributed by atoms with van der Waals surface area (Å²) in [6.07, 6.45) is 1.61. The Balaban J connectivity index is 1.80. The third kappa shape index (κ3) is 1.79. The van der Waals surface area contributed by atoms with Gasteiger partial charge in [0.1, 0.15) is 10.00 Å². The molecule has 5 rings (SSSR count). The van der Waals surface area contributed by atoms with Crippen LogP contribution in [0.5, 0.6) is 0 Å². The fraction of sp³-hybridized carbons (Fsp3) is 0.421. The molecule has 2 fully saturated rings. The van der Waals surface area contributed by atoms with E-state index in [1.165, 1.54) is 11.8 Å². The zero-order valence-corrected chi connectivity index (χ0v) is 15.6. The van der Waals surface area contributed by atoms with Crippen LogP contribution in [0.15, 0.2) is 35.5 Å². The summed E-state index contributed by atoms with van der Waals surface area (Å²) < 4.78 is 12.3. The summed E-state index contributed by atoms with van der Waals surface area (Å²) in [6.45, 7) is 0.665. The highest BCUT2D eigenvalue weighted by molar-refractivity contribution is 8.14. The maximum Gasteiger partial charge on any atom is 0.210 e. The number of nitriles is 1. The quantitative estimate of drug-likeness (QED) is 0.738. The van der Waals surface area contributed by atoms with Gasteiger partial charge in [0.05, 0.1) is 23.4 Å². The number of hydrogen-bond donors (Lipinski definition) is 0. The molecule has 1 aliphatic carbocycles. The molecule has 0 unspecified atom stereocenters. The zero-order chi connectivity index (χ0) is 18.1. The van der Waals surface area contributed by atoms with Crippen LogP contribution < -0.4 is 0 Å². The molecule has 0 radical (unpaired) electrons. The number of allylic oxidation sites excluding steroid dienone is 1. The van der Waals surface area contributed by atoms with Gasteiger partial charge < -0.3 is 4.90 Å². The van der Waals surface area contributed by atoms with Gasteiger partial charge in [-0.3, -0.25) is 13.8 Å². The first kappa shape index (κ1) is 16.3. The first-order valence-corrected chi connectivity index (χ1v) is 11.1. The summed E-state index contributed by atoms with van der Waals surface area (Å²) >= 11 is 1.51. The molecule has 0 bridgehead atoms. The van der Waals surface area contributed by atoms with Gasteiger partial charge in [0.15, 0.2) is 5.78 Å². The minimum Gasteiger partial charge on any atom is -0.363 e. The maximum absolute atomic E-state index is 13.4. The molecule has 0 amide bonds. The van der Waals surface area contributed by atoms with Gasteiger partial charge in [0.2, 0.25) is 5.78 Å². The highest BCUT2D eigenvalue weighted by atomic mass is 32.2. The molecule has 132 valence electrons. The molecule has 1 aromatic rings. The Hall–Kier alpha value is -1.91. The number of benzene rings is 1. The molecule has 2 saturated heterocycles. The van der Waals surface area contributed by atoms with Crippen LogP contribution in [0.4, 0.5) is 0 Å². The fourth-order valence-corrected chi connectivity index (χ4v) is 8.90. The van der Waals surface area contributed by atoms with Crippen LogP contribution in [-0.4, -0.2) is 49.3 Å². The van der Waals surface area contributed by atoms with Crippen molar-refractivity contribution in [3.05, 3.63) is 46.7 Å². The van der Waals surface area contributed by atoms with Crippen LogP contribution in [0.1, 0.15) is 33.6 Å². The van der Waals surface area contributed by atoms with E-state index in [1.54, 1.807) is 24.3 Å². The van der Waals surface area contributed by atoms with Crippen molar-refractivity contribution >= 4 is 34.1 Å². The molecule has 3 heterocycles. The second-order valence-electron chi connectivity index (χ2n) is 7.05. The van der Waals surface area contributed by atoms with Crippen LogP contribution in [0.2, 0.25) is 0 Å². The maximum atomic E-state index is 13.4. The molecular weight excluding hydrogens is 368 g/mol. The lowest BCUT2D eigenvalue weighted by Crippen LogP contribution is -2.46. The normalized spacial score (nSPS) is 35.3. The second kappa shape index (κ2) is 5.54. The van der Waals surface area contributed by atoms with Crippen molar-refractivity contribution in [1.29, 1.82) is 5.26 Å². The Bertz CT molecular complexity index is 964. The molecule has 0 spiro atoms. The lowest BCUT2D eigenvalue weighted by atomic mass is 9.72. The Kier molecular flexibility index (Phi) is 3.47. The van der Waals surface area contributed by atoms with Gasteiger partial charge >= 0.3 is 0 Å². The minimum absolute atomic E-state index is 0.173. The summed E-state index contributed by atoms with van der Waals surface area (Å²) in [5.41, 5.74) is 0.308. The molecule has 5 nitrogen and oxygen atoms in total. The summed E-state index contributed by atoms with van der Waals surface area (Å²) in [5, 5.41) is 10.3. The number of hydrogen-bond acceptors (Lipinski definition) is 6. The summed E-state index contributed by atoms with van der Waals surface area (Å²) in [4.78, 5) is 28.6. The van der Waals surface area contributed by atoms with Crippen molar-refractivity contribution in [1.82, 2.24) is 4.90 Å². The molecule has 26 heavy (non-hydrogen) atoms. The topological polar surface area (TPSA) is 78.2 Å². The Labute approximate surface area is 157 Å². The largest absolute Gasteiger partial charge is 0.363 e. The van der Waals surface area contributed by atoms with Crippen molar-refractivity contribution in [3.8, 4) is 6.07 Å². The highest BCUT2D eigenvalue weighted by Gasteiger charge is 2.65. The van der Waals surface area contributed by atoms with Crippen molar-refractivity contribution in [2.24, 2.45) is 5.41 Å². The van der Waals surface area contributed by atoms with E-state index in [9.17, 15) is 19.1 Å². The number of carbonyl (C=O) groups excluding carboxylic acids is 2. The summed E-state index contributed by atoms with van der Waals surface area (Å²) in [7, 11) is -1.18. The average Bonchev–Trinajstić information content (AvgIpc) is 3.35. The van der Waals surface area contributed by atoms with E-state index < -0.39 is 20.8 Å². The number of fused-ring (bicyclic) bond motifs is 3. The number of rotatable bonds is 1. The van der Waals surface area contributed by atoms with Gasteiger partial charge in [-0.1, -0.05) is 24.3 Å². The van der Waals surface area contributed by atoms with Gasteiger partial charge in [-0.15, -0.1) is 11.8 Å². The van der Waals surface area contributed by atoms with Crippen molar-refractivity contribution in [2.45, 2.75) is 23.5 Å². The van der Waals surface area contributed by atoms with E-state index in [0.717, 1.165) is 18.6 Å². The molecule has 0 aromatic heterocycles. The van der Waals surface area contributed by atoms with Crippen LogP contribution in [0.3, 0.4) is 0 Å². The van der Waals surface area contributed by atoms with E-state index in [1.807, 2.05) is 4.90 Å². The van der Waals surface area contributed by atoms with Crippen LogP contribution in [0, 0.1) is 16.7 Å². The first-order chi connectivity index (χ1) is 12.6. The van der Waals surface area contributed by atoms with Gasteiger partial charge in [-0.05, 0) is 12.8 Å². The Morgan fingerprint density at radius 1 is 1.23 bits per heavy atom. The lowest BCUT2D eigenvalue weighted by molar-refractivity contribution is 0.0955. The predicted molar refractivity (Wildman–Crippen MR) is 99.2 cm³/mol. The SMILES string of the molecule is N#C[C@]1([C@@H]2SCC[S@@]2=O)C2=C(C(=O)c3ccccc3C2=O)N2CCC[C@@H]21. The number of nitrogens with zero attached hydrogens (tertiary/aromatic N) is 2. The molecule has 3 aliphatic heterocycles. The van der Waals surface area contributed by atoms with Crippen LogP contribution >= 0.6 is 11.8 Å². The summed E-state index contributed by atoms with van der Waals surface area (Å²) in [6, 6.07) is 9.01. The third-order valence-corrected chi connectivity index (χ3v) is 9.80. The number of thioether (sulfide) groups is 1. The predicted octanol–water partition coefficient (Wildman–Crippen LogP) is 2.13. The van der Waals surface area contributed by atoms with E-state index in [4.69, 9.17) is 0 Å². The second-order valence-corrected chi connectivity index (χ2v) is 10.2. The standard InChI is InChI=1S/C19H16N2O3S2/c20-10-19(18-25-8-9-26(18)24)13-6-3-7-21(13)15-14(19)16(22)11-4-1-2-5-12(11)17(15)23/h1-2,4-5,13,18H,3,6-9H2/t13-,18-,19-,26+/m1/s1. The van der Waals surface area contributed by atoms with E-state index >= 15 is 0 Å². The zero-order valence-electron chi connectivity index (χ0n) is 13.9. The van der Waals surface area contributed by atoms with Gasteiger partial charge in [-0.25, -0.2) is 0 Å². The molecule has 4 atom stereocenters. The van der Waals surface area contributed by atoms with Gasteiger partial charge in [-0.2, -0.15) is 5.26 Å². The van der Waals surface area contributed by atoms with Crippen molar-refractivity contribution in [3.63, 3.8) is 0 Å². The number of Topliss-reactive ketones (excluding diaryl/α,β-unsaturated/α-hetero) is 2. The molecule has 4 aliphatic rings. The highest BCUT2D eigenvalue weighted by Crippen LogP contribution is 2.58. The van der Waals surface area contributed by atoms with Crippen molar-refractivity contribution in [2.75, 3.05) is 18.1 Å². The summed E-state index contributed by atoms with van der Waals surface area (Å²) in [5.74, 6) is 0.838. The Morgan fingerprint density at radius 2 is 1.96 bits per heavy atom. The van der Waals surface area contributed by atoms with Gasteiger partial charge in [0, 0.05) is 40.0 Å². The van der Waals surface area contributed by atoms with Crippen LogP contribution in [0.25, 0.3) is 0 Å². The van der Waals surface area contributed by atoms with E-state index in [-0.39, 0.29) is 17.6 Å². The van der Waals surface area contributed by atoms with E-state index in [2.05, 4.69) is 6.07 Å². The van der Waals surface area contributed by atoms with Crippen LogP contribution in [-0.2, 0) is 10.8 Å². The third-order valence-electron chi connectivity index (χ3n) is 5.92. The minimum atomic E-state index is -1.18. The van der Waals surface area contributed by atoms with E-state index in [0.29, 0.717) is 34.7 Å². The molecule has 7 heteroatoms. The number of ketones is 2. The fourth-order valence-electron chi connectivity index (χ4n) is 4.91. The Morgan fingerprint density at radius 3 is 2.62 bits per heavy atom. The van der Waals surface area contributed by atoms with Crippen molar-refractivity contribution < 1.29 is 13.8 Å².